The average Bonchev–Trinajstić information content (AvgIpc) is 2.04. The van der Waals surface area contributed by atoms with E-state index in [4.69, 9.17) is 0 Å². The molecule has 1 N–H and O–H groups in total. The summed E-state index contributed by atoms with van der Waals surface area (Å²) in [6.45, 7) is 7.02. The molecule has 0 aromatic rings. The summed E-state index contributed by atoms with van der Waals surface area (Å²) in [6.07, 6.45) is 2.42. The highest BCUT2D eigenvalue weighted by atomic mass is 16.3. The van der Waals surface area contributed by atoms with Gasteiger partial charge in [0.25, 0.3) is 0 Å². The molecule has 1 saturated heterocycles. The monoisotopic (exact) mass is 171 g/mol. The normalized spacial score (nSPS) is 32.8. The first kappa shape index (κ1) is 10.0. The molecule has 0 aromatic carbocycles. The van der Waals surface area contributed by atoms with Gasteiger partial charge in [0.2, 0.25) is 0 Å². The molecule has 1 aliphatic rings. The lowest BCUT2D eigenvalue weighted by molar-refractivity contribution is 0.00635. The zero-order chi connectivity index (χ0) is 9.19. The van der Waals surface area contributed by atoms with E-state index < -0.39 is 0 Å². The SMILES string of the molecule is CC(C)C1(CO)CCCN(C)C1. The Bertz CT molecular complexity index is 147. The minimum absolute atomic E-state index is 0.174. The Morgan fingerprint density at radius 3 is 2.50 bits per heavy atom. The molecule has 0 aromatic heterocycles. The first-order chi connectivity index (χ1) is 5.60. The van der Waals surface area contributed by atoms with Crippen molar-refractivity contribution in [3.8, 4) is 0 Å². The van der Waals surface area contributed by atoms with Crippen molar-refractivity contribution in [2.45, 2.75) is 26.7 Å². The van der Waals surface area contributed by atoms with Crippen LogP contribution in [0.2, 0.25) is 0 Å². The van der Waals surface area contributed by atoms with Crippen molar-refractivity contribution in [2.24, 2.45) is 11.3 Å². The maximum atomic E-state index is 9.40. The summed E-state index contributed by atoms with van der Waals surface area (Å²) in [5.41, 5.74) is 0.174. The van der Waals surface area contributed by atoms with Crippen molar-refractivity contribution in [2.75, 3.05) is 26.7 Å². The lowest BCUT2D eigenvalue weighted by Gasteiger charge is -2.43. The molecule has 1 fully saturated rings. The third kappa shape index (κ3) is 1.80. The maximum Gasteiger partial charge on any atom is 0.0502 e. The van der Waals surface area contributed by atoms with Gasteiger partial charge in [0.1, 0.15) is 0 Å². The minimum Gasteiger partial charge on any atom is -0.396 e. The molecule has 72 valence electrons. The molecule has 0 spiro atoms. The van der Waals surface area contributed by atoms with Crippen LogP contribution in [-0.2, 0) is 0 Å². The predicted molar refractivity (Wildman–Crippen MR) is 51.1 cm³/mol. The third-order valence-electron chi connectivity index (χ3n) is 3.34. The van der Waals surface area contributed by atoms with Gasteiger partial charge in [0, 0.05) is 12.0 Å². The molecule has 1 heterocycles. The largest absolute Gasteiger partial charge is 0.396 e. The maximum absolute atomic E-state index is 9.40. The summed E-state index contributed by atoms with van der Waals surface area (Å²) in [4.78, 5) is 2.33. The number of piperidine rings is 1. The van der Waals surface area contributed by atoms with Crippen LogP contribution in [0, 0.1) is 11.3 Å². The zero-order valence-electron chi connectivity index (χ0n) is 8.51. The highest BCUT2D eigenvalue weighted by Crippen LogP contribution is 2.35. The van der Waals surface area contributed by atoms with Gasteiger partial charge < -0.3 is 10.0 Å². The van der Waals surface area contributed by atoms with Crippen molar-refractivity contribution in [3.63, 3.8) is 0 Å². The number of likely N-dealkylation sites (tertiary alicyclic amines) is 1. The molecule has 1 rings (SSSR count). The Labute approximate surface area is 75.6 Å². The van der Waals surface area contributed by atoms with Gasteiger partial charge in [0.15, 0.2) is 0 Å². The van der Waals surface area contributed by atoms with Gasteiger partial charge in [-0.1, -0.05) is 13.8 Å². The van der Waals surface area contributed by atoms with Gasteiger partial charge in [0.05, 0.1) is 6.61 Å². The standard InChI is InChI=1S/C10H21NO/c1-9(2)10(8-12)5-4-6-11(3)7-10/h9,12H,4-8H2,1-3H3. The molecule has 2 nitrogen and oxygen atoms in total. The average molecular weight is 171 g/mol. The number of hydrogen-bond donors (Lipinski definition) is 1. The minimum atomic E-state index is 0.174. The lowest BCUT2D eigenvalue weighted by Crippen LogP contribution is -2.46. The number of hydrogen-bond acceptors (Lipinski definition) is 2. The van der Waals surface area contributed by atoms with E-state index in [9.17, 15) is 5.11 Å². The molecule has 1 aliphatic heterocycles. The van der Waals surface area contributed by atoms with Crippen molar-refractivity contribution in [3.05, 3.63) is 0 Å². The van der Waals surface area contributed by atoms with E-state index in [-0.39, 0.29) is 5.41 Å². The van der Waals surface area contributed by atoms with Gasteiger partial charge in [-0.15, -0.1) is 0 Å². The van der Waals surface area contributed by atoms with E-state index in [2.05, 4.69) is 25.8 Å². The second-order valence-electron chi connectivity index (χ2n) is 4.52. The van der Waals surface area contributed by atoms with Crippen molar-refractivity contribution >= 4 is 0 Å². The molecular weight excluding hydrogens is 150 g/mol. The summed E-state index contributed by atoms with van der Waals surface area (Å²) in [5.74, 6) is 0.588. The quantitative estimate of drug-likeness (QED) is 0.678. The first-order valence-electron chi connectivity index (χ1n) is 4.90. The molecule has 0 bridgehead atoms. The fourth-order valence-electron chi connectivity index (χ4n) is 2.18. The number of aliphatic hydroxyl groups is 1. The second-order valence-corrected chi connectivity index (χ2v) is 4.52. The van der Waals surface area contributed by atoms with Gasteiger partial charge in [-0.2, -0.15) is 0 Å². The van der Waals surface area contributed by atoms with Gasteiger partial charge in [-0.25, -0.2) is 0 Å². The molecule has 0 saturated carbocycles. The Balaban J connectivity index is 2.64. The Kier molecular flexibility index (Phi) is 3.13. The molecule has 1 unspecified atom stereocenters. The molecule has 2 heteroatoms. The third-order valence-corrected chi connectivity index (χ3v) is 3.34. The van der Waals surface area contributed by atoms with Crippen LogP contribution in [0.4, 0.5) is 0 Å². The van der Waals surface area contributed by atoms with Crippen LogP contribution in [0.1, 0.15) is 26.7 Å². The predicted octanol–water partition coefficient (Wildman–Crippen LogP) is 1.35. The summed E-state index contributed by atoms with van der Waals surface area (Å²) >= 11 is 0. The van der Waals surface area contributed by atoms with E-state index >= 15 is 0 Å². The molecule has 1 atom stereocenters. The van der Waals surface area contributed by atoms with Crippen LogP contribution in [0.3, 0.4) is 0 Å². The summed E-state index contributed by atoms with van der Waals surface area (Å²) in [5, 5.41) is 9.40. The van der Waals surface area contributed by atoms with E-state index in [1.165, 1.54) is 19.4 Å². The van der Waals surface area contributed by atoms with Crippen LogP contribution in [0.25, 0.3) is 0 Å². The summed E-state index contributed by atoms with van der Waals surface area (Å²) < 4.78 is 0. The fourth-order valence-corrected chi connectivity index (χ4v) is 2.18. The molecular formula is C10H21NO. The Morgan fingerprint density at radius 2 is 2.17 bits per heavy atom. The van der Waals surface area contributed by atoms with Crippen molar-refractivity contribution < 1.29 is 5.11 Å². The van der Waals surface area contributed by atoms with Gasteiger partial charge in [-0.3, -0.25) is 0 Å². The zero-order valence-corrected chi connectivity index (χ0v) is 8.51. The van der Waals surface area contributed by atoms with E-state index in [0.29, 0.717) is 12.5 Å². The van der Waals surface area contributed by atoms with Gasteiger partial charge in [-0.05, 0) is 32.4 Å². The number of aliphatic hydroxyl groups excluding tert-OH is 1. The van der Waals surface area contributed by atoms with E-state index in [0.717, 1.165) is 6.54 Å². The Morgan fingerprint density at radius 1 is 1.50 bits per heavy atom. The van der Waals surface area contributed by atoms with Crippen LogP contribution in [0.15, 0.2) is 0 Å². The summed E-state index contributed by atoms with van der Waals surface area (Å²) in [6, 6.07) is 0. The van der Waals surface area contributed by atoms with Gasteiger partial charge >= 0.3 is 0 Å². The molecule has 0 amide bonds. The molecule has 0 aliphatic carbocycles. The Hall–Kier alpha value is -0.0800. The number of rotatable bonds is 2. The molecule has 12 heavy (non-hydrogen) atoms. The van der Waals surface area contributed by atoms with Crippen molar-refractivity contribution in [1.29, 1.82) is 0 Å². The first-order valence-corrected chi connectivity index (χ1v) is 4.90. The van der Waals surface area contributed by atoms with E-state index in [1.54, 1.807) is 0 Å². The summed E-state index contributed by atoms with van der Waals surface area (Å²) in [7, 11) is 2.14. The van der Waals surface area contributed by atoms with Crippen molar-refractivity contribution in [1.82, 2.24) is 4.90 Å². The van der Waals surface area contributed by atoms with Crippen LogP contribution >= 0.6 is 0 Å². The van der Waals surface area contributed by atoms with Crippen LogP contribution < -0.4 is 0 Å². The number of nitrogens with zero attached hydrogens (tertiary/aromatic N) is 1. The topological polar surface area (TPSA) is 23.5 Å². The lowest BCUT2D eigenvalue weighted by atomic mass is 9.72. The highest BCUT2D eigenvalue weighted by molar-refractivity contribution is 4.87. The molecule has 0 radical (unpaired) electrons. The smallest absolute Gasteiger partial charge is 0.0502 e. The fraction of sp³-hybridized carbons (Fsp3) is 1.00. The van der Waals surface area contributed by atoms with Crippen LogP contribution in [0.5, 0.6) is 0 Å². The highest BCUT2D eigenvalue weighted by Gasteiger charge is 2.36. The van der Waals surface area contributed by atoms with E-state index in [1.807, 2.05) is 0 Å². The second kappa shape index (κ2) is 3.75. The van der Waals surface area contributed by atoms with Crippen LogP contribution in [-0.4, -0.2) is 36.8 Å².